The third-order valence-electron chi connectivity index (χ3n) is 4.06. The molecule has 26 heavy (non-hydrogen) atoms. The van der Waals surface area contributed by atoms with Crippen LogP contribution in [-0.2, 0) is 12.1 Å². The number of benzene rings is 1. The van der Waals surface area contributed by atoms with Gasteiger partial charge in [0.05, 0.1) is 19.8 Å². The Morgan fingerprint density at radius 3 is 2.12 bits per heavy atom. The number of nitrogens with one attached hydrogen (secondary N) is 1. The molecule has 1 aromatic heterocycles. The van der Waals surface area contributed by atoms with Gasteiger partial charge in [-0.3, -0.25) is 9.48 Å². The molecule has 0 aliphatic carbocycles. The van der Waals surface area contributed by atoms with Gasteiger partial charge in [0.15, 0.2) is 0 Å². The summed E-state index contributed by atoms with van der Waals surface area (Å²) in [6.45, 7) is 10.8. The summed E-state index contributed by atoms with van der Waals surface area (Å²) in [5, 5.41) is 7.46. The lowest BCUT2D eigenvalue weighted by atomic mass is 10.1. The molecule has 1 amide bonds. The van der Waals surface area contributed by atoms with Gasteiger partial charge in [-0.2, -0.15) is 5.10 Å². The van der Waals surface area contributed by atoms with Gasteiger partial charge in [-0.1, -0.05) is 13.8 Å². The lowest BCUT2D eigenvalue weighted by Gasteiger charge is -2.23. The molecule has 1 aromatic carbocycles. The lowest BCUT2D eigenvalue weighted by Crippen LogP contribution is -2.27. The Kier molecular flexibility index (Phi) is 5.95. The number of carbonyl (C=O) groups excluding carboxylic acids is 1. The fraction of sp³-hybridized carbons (Fsp3) is 0.500. The molecule has 0 fully saturated rings. The van der Waals surface area contributed by atoms with E-state index in [0.29, 0.717) is 23.7 Å². The van der Waals surface area contributed by atoms with Gasteiger partial charge in [0.2, 0.25) is 0 Å². The standard InChI is InChI=1S/C20H29N3O3/c1-13(2)18-11-17(22-23(18)20(3,4)5)19(24)21-12-14-8-15(25-6)10-16(9-14)26-7/h8-11,13H,12H2,1-7H3,(H,21,24). The summed E-state index contributed by atoms with van der Waals surface area (Å²) in [6, 6.07) is 7.41. The van der Waals surface area contributed by atoms with Crippen molar-refractivity contribution < 1.29 is 14.3 Å². The minimum atomic E-state index is -0.198. The zero-order chi connectivity index (χ0) is 19.5. The highest BCUT2D eigenvalue weighted by Crippen LogP contribution is 2.24. The first-order valence-corrected chi connectivity index (χ1v) is 8.76. The maximum atomic E-state index is 12.6. The van der Waals surface area contributed by atoms with Crippen LogP contribution in [0.3, 0.4) is 0 Å². The molecule has 0 saturated heterocycles. The maximum Gasteiger partial charge on any atom is 0.272 e. The number of nitrogens with zero attached hydrogens (tertiary/aromatic N) is 2. The molecule has 0 bridgehead atoms. The fourth-order valence-electron chi connectivity index (χ4n) is 2.70. The number of aromatic nitrogens is 2. The summed E-state index contributed by atoms with van der Waals surface area (Å²) in [7, 11) is 3.20. The van der Waals surface area contributed by atoms with Gasteiger partial charge >= 0.3 is 0 Å². The van der Waals surface area contributed by atoms with Gasteiger partial charge in [-0.15, -0.1) is 0 Å². The van der Waals surface area contributed by atoms with E-state index in [1.165, 1.54) is 0 Å². The van der Waals surface area contributed by atoms with Crippen molar-refractivity contribution in [3.63, 3.8) is 0 Å². The molecule has 0 atom stereocenters. The number of hydrogen-bond acceptors (Lipinski definition) is 4. The number of ether oxygens (including phenoxy) is 2. The van der Waals surface area contributed by atoms with Crippen LogP contribution in [0.1, 0.15) is 62.3 Å². The predicted octanol–water partition coefficient (Wildman–Crippen LogP) is 3.71. The van der Waals surface area contributed by atoms with Gasteiger partial charge in [0.25, 0.3) is 5.91 Å². The van der Waals surface area contributed by atoms with Crippen molar-refractivity contribution in [1.29, 1.82) is 0 Å². The van der Waals surface area contributed by atoms with Crippen LogP contribution in [-0.4, -0.2) is 29.9 Å². The Labute approximate surface area is 155 Å². The smallest absolute Gasteiger partial charge is 0.272 e. The molecule has 1 heterocycles. The largest absolute Gasteiger partial charge is 0.497 e. The zero-order valence-corrected chi connectivity index (χ0v) is 16.7. The maximum absolute atomic E-state index is 12.6. The molecule has 0 aliphatic rings. The van der Waals surface area contributed by atoms with Crippen molar-refractivity contribution in [2.75, 3.05) is 14.2 Å². The molecular weight excluding hydrogens is 330 g/mol. The van der Waals surface area contributed by atoms with E-state index in [2.05, 4.69) is 45.0 Å². The van der Waals surface area contributed by atoms with Gasteiger partial charge in [-0.25, -0.2) is 0 Å². The first kappa shape index (κ1) is 19.8. The van der Waals surface area contributed by atoms with Gasteiger partial charge < -0.3 is 14.8 Å². The monoisotopic (exact) mass is 359 g/mol. The van der Waals surface area contributed by atoms with Crippen LogP contribution in [0.2, 0.25) is 0 Å². The number of methoxy groups -OCH3 is 2. The van der Waals surface area contributed by atoms with Crippen molar-refractivity contribution in [2.45, 2.75) is 52.6 Å². The number of amides is 1. The second-order valence-electron chi connectivity index (χ2n) is 7.60. The number of hydrogen-bond donors (Lipinski definition) is 1. The molecule has 6 nitrogen and oxygen atoms in total. The third-order valence-corrected chi connectivity index (χ3v) is 4.06. The second kappa shape index (κ2) is 7.81. The lowest BCUT2D eigenvalue weighted by molar-refractivity contribution is 0.0944. The molecule has 0 aliphatic heterocycles. The van der Waals surface area contributed by atoms with Gasteiger partial charge in [0, 0.05) is 18.3 Å². The first-order valence-electron chi connectivity index (χ1n) is 8.76. The van der Waals surface area contributed by atoms with Crippen LogP contribution in [0.15, 0.2) is 24.3 Å². The van der Waals surface area contributed by atoms with E-state index in [4.69, 9.17) is 9.47 Å². The minimum Gasteiger partial charge on any atom is -0.497 e. The quantitative estimate of drug-likeness (QED) is 0.854. The van der Waals surface area contributed by atoms with E-state index in [0.717, 1.165) is 11.3 Å². The summed E-state index contributed by atoms with van der Waals surface area (Å²) in [4.78, 5) is 12.6. The summed E-state index contributed by atoms with van der Waals surface area (Å²) >= 11 is 0. The van der Waals surface area contributed by atoms with E-state index < -0.39 is 0 Å². The van der Waals surface area contributed by atoms with Crippen molar-refractivity contribution in [3.05, 3.63) is 41.2 Å². The Bertz CT molecular complexity index is 751. The third kappa shape index (κ3) is 4.56. The van der Waals surface area contributed by atoms with Crippen LogP contribution in [0.5, 0.6) is 11.5 Å². The summed E-state index contributed by atoms with van der Waals surface area (Å²) in [5.41, 5.74) is 2.19. The minimum absolute atomic E-state index is 0.182. The first-order chi connectivity index (χ1) is 12.2. The molecule has 2 rings (SSSR count). The molecule has 2 aromatic rings. The number of rotatable bonds is 6. The highest BCUT2D eigenvalue weighted by molar-refractivity contribution is 5.92. The Morgan fingerprint density at radius 1 is 1.12 bits per heavy atom. The van der Waals surface area contributed by atoms with E-state index in [-0.39, 0.29) is 17.4 Å². The average Bonchev–Trinajstić information content (AvgIpc) is 3.05. The Balaban J connectivity index is 2.18. The topological polar surface area (TPSA) is 65.4 Å². The van der Waals surface area contributed by atoms with Crippen molar-refractivity contribution >= 4 is 5.91 Å². The predicted molar refractivity (Wildman–Crippen MR) is 102 cm³/mol. The normalized spacial score (nSPS) is 11.5. The summed E-state index contributed by atoms with van der Waals surface area (Å²) < 4.78 is 12.5. The van der Waals surface area contributed by atoms with Crippen LogP contribution in [0.4, 0.5) is 0 Å². The molecular formula is C20H29N3O3. The van der Waals surface area contributed by atoms with Gasteiger partial charge in [-0.05, 0) is 50.5 Å². The van der Waals surface area contributed by atoms with Crippen molar-refractivity contribution in [1.82, 2.24) is 15.1 Å². The molecule has 0 radical (unpaired) electrons. The van der Waals surface area contributed by atoms with Crippen LogP contribution in [0, 0.1) is 0 Å². The highest BCUT2D eigenvalue weighted by Gasteiger charge is 2.23. The SMILES string of the molecule is COc1cc(CNC(=O)c2cc(C(C)C)n(C(C)(C)C)n2)cc(OC)c1. The second-order valence-corrected chi connectivity index (χ2v) is 7.60. The highest BCUT2D eigenvalue weighted by atomic mass is 16.5. The molecule has 0 spiro atoms. The summed E-state index contributed by atoms with van der Waals surface area (Å²) in [6.07, 6.45) is 0. The van der Waals surface area contributed by atoms with E-state index >= 15 is 0 Å². The van der Waals surface area contributed by atoms with Crippen molar-refractivity contribution in [3.8, 4) is 11.5 Å². The van der Waals surface area contributed by atoms with Crippen LogP contribution in [0.25, 0.3) is 0 Å². The van der Waals surface area contributed by atoms with E-state index in [1.807, 2.05) is 22.9 Å². The van der Waals surface area contributed by atoms with Crippen LogP contribution < -0.4 is 14.8 Å². The molecule has 142 valence electrons. The van der Waals surface area contributed by atoms with Gasteiger partial charge in [0.1, 0.15) is 17.2 Å². The Morgan fingerprint density at radius 2 is 1.69 bits per heavy atom. The molecule has 6 heteroatoms. The van der Waals surface area contributed by atoms with Crippen LogP contribution >= 0.6 is 0 Å². The molecule has 1 N–H and O–H groups in total. The average molecular weight is 359 g/mol. The summed E-state index contributed by atoms with van der Waals surface area (Å²) in [5.74, 6) is 1.46. The zero-order valence-electron chi connectivity index (χ0n) is 16.7. The molecule has 0 unspecified atom stereocenters. The van der Waals surface area contributed by atoms with Crippen molar-refractivity contribution in [2.24, 2.45) is 0 Å². The van der Waals surface area contributed by atoms with E-state index in [1.54, 1.807) is 20.3 Å². The van der Waals surface area contributed by atoms with E-state index in [9.17, 15) is 4.79 Å². The molecule has 0 saturated carbocycles. The fourth-order valence-corrected chi connectivity index (χ4v) is 2.70. The Hall–Kier alpha value is -2.50. The number of carbonyl (C=O) groups is 1.